The fraction of sp³-hybridized carbons (Fsp3) is 0.0909. The minimum absolute atomic E-state index is 0.254. The number of imidazole rings is 1. The Bertz CT molecular complexity index is 568. The van der Waals surface area contributed by atoms with E-state index in [4.69, 9.17) is 5.11 Å². The smallest absolute Gasteiger partial charge is 0.336 e. The van der Waals surface area contributed by atoms with Crippen molar-refractivity contribution in [2.45, 2.75) is 10.1 Å². The number of hydrogen-bond acceptors (Lipinski definition) is 3. The summed E-state index contributed by atoms with van der Waals surface area (Å²) in [6, 6.07) is 5.22. The lowest BCUT2D eigenvalue weighted by Crippen LogP contribution is -1.97. The van der Waals surface area contributed by atoms with E-state index < -0.39 is 5.97 Å². The molecule has 0 saturated carbocycles. The van der Waals surface area contributed by atoms with Crippen molar-refractivity contribution in [2.24, 2.45) is 7.05 Å². The van der Waals surface area contributed by atoms with Gasteiger partial charge in [-0.05, 0) is 34.1 Å². The predicted octanol–water partition coefficient (Wildman–Crippen LogP) is 3.03. The number of hydrogen-bond donors (Lipinski definition) is 1. The maximum Gasteiger partial charge on any atom is 0.336 e. The van der Waals surface area contributed by atoms with Crippen LogP contribution in [-0.2, 0) is 7.05 Å². The zero-order valence-corrected chi connectivity index (χ0v) is 11.3. The largest absolute Gasteiger partial charge is 0.478 e. The van der Waals surface area contributed by atoms with E-state index >= 15 is 0 Å². The fourth-order valence-corrected chi connectivity index (χ4v) is 2.55. The van der Waals surface area contributed by atoms with E-state index in [-0.39, 0.29) is 5.56 Å². The number of carboxylic acid groups (broad SMARTS) is 1. The van der Waals surface area contributed by atoms with Crippen LogP contribution in [0.15, 0.2) is 45.1 Å². The molecule has 0 aliphatic carbocycles. The predicted molar refractivity (Wildman–Crippen MR) is 68.4 cm³/mol. The molecule has 0 amide bonds. The number of rotatable bonds is 3. The third-order valence-electron chi connectivity index (χ3n) is 2.15. The van der Waals surface area contributed by atoms with E-state index in [0.717, 1.165) is 10.1 Å². The van der Waals surface area contributed by atoms with Crippen LogP contribution in [0.25, 0.3) is 0 Å². The summed E-state index contributed by atoms with van der Waals surface area (Å²) in [7, 11) is 1.90. The van der Waals surface area contributed by atoms with Gasteiger partial charge in [-0.25, -0.2) is 9.78 Å². The molecule has 17 heavy (non-hydrogen) atoms. The number of aromatic carboxylic acids is 1. The summed E-state index contributed by atoms with van der Waals surface area (Å²) in [6.07, 6.45) is 3.55. The van der Waals surface area contributed by atoms with Gasteiger partial charge in [0.1, 0.15) is 0 Å². The molecule has 0 aliphatic heterocycles. The lowest BCUT2D eigenvalue weighted by Gasteiger charge is -2.04. The summed E-state index contributed by atoms with van der Waals surface area (Å²) < 4.78 is 2.46. The number of halogens is 1. The second kappa shape index (κ2) is 4.93. The van der Waals surface area contributed by atoms with E-state index in [1.165, 1.54) is 11.8 Å². The number of carbonyl (C=O) groups is 1. The number of aryl methyl sites for hydroxylation is 1. The molecular weight excluding hydrogens is 304 g/mol. The maximum absolute atomic E-state index is 11.0. The van der Waals surface area contributed by atoms with Gasteiger partial charge in [-0.3, -0.25) is 0 Å². The highest BCUT2D eigenvalue weighted by molar-refractivity contribution is 9.10. The van der Waals surface area contributed by atoms with Crippen LogP contribution in [0, 0.1) is 0 Å². The molecule has 0 spiro atoms. The van der Waals surface area contributed by atoms with Gasteiger partial charge in [0.15, 0.2) is 5.16 Å². The third-order valence-corrected chi connectivity index (χ3v) is 3.91. The van der Waals surface area contributed by atoms with Crippen molar-refractivity contribution in [2.75, 3.05) is 0 Å². The lowest BCUT2D eigenvalue weighted by molar-refractivity contribution is 0.0695. The maximum atomic E-state index is 11.0. The standard InChI is InChI=1S/C11H9BrN2O2S/c1-14-5-4-13-11(14)17-7-2-3-9(12)8(6-7)10(15)16/h2-6H,1H3,(H,15,16). The van der Waals surface area contributed by atoms with Crippen LogP contribution in [0.5, 0.6) is 0 Å². The van der Waals surface area contributed by atoms with Gasteiger partial charge in [0.05, 0.1) is 5.56 Å². The topological polar surface area (TPSA) is 55.1 Å². The van der Waals surface area contributed by atoms with Gasteiger partial charge < -0.3 is 9.67 Å². The van der Waals surface area contributed by atoms with Crippen LogP contribution in [-0.4, -0.2) is 20.6 Å². The Morgan fingerprint density at radius 1 is 1.53 bits per heavy atom. The molecule has 0 aliphatic rings. The first kappa shape index (κ1) is 12.2. The van der Waals surface area contributed by atoms with Gasteiger partial charge in [0, 0.05) is 28.8 Å². The summed E-state index contributed by atoms with van der Waals surface area (Å²) >= 11 is 4.64. The Morgan fingerprint density at radius 3 is 2.88 bits per heavy atom. The van der Waals surface area contributed by atoms with Gasteiger partial charge in [-0.15, -0.1) is 0 Å². The van der Waals surface area contributed by atoms with Crippen molar-refractivity contribution in [3.05, 3.63) is 40.6 Å². The molecule has 2 aromatic rings. The molecular formula is C11H9BrN2O2S. The van der Waals surface area contributed by atoms with Crippen molar-refractivity contribution < 1.29 is 9.90 Å². The lowest BCUT2D eigenvalue weighted by atomic mass is 10.2. The molecule has 1 N–H and O–H groups in total. The number of nitrogens with zero attached hydrogens (tertiary/aromatic N) is 2. The molecule has 88 valence electrons. The molecule has 0 atom stereocenters. The van der Waals surface area contributed by atoms with Crippen LogP contribution in [0.3, 0.4) is 0 Å². The summed E-state index contributed by atoms with van der Waals surface area (Å²) in [5.41, 5.74) is 0.254. The highest BCUT2D eigenvalue weighted by atomic mass is 79.9. The summed E-state index contributed by atoms with van der Waals surface area (Å²) in [5, 5.41) is 9.83. The zero-order valence-electron chi connectivity index (χ0n) is 8.92. The SMILES string of the molecule is Cn1ccnc1Sc1ccc(Br)c(C(=O)O)c1. The van der Waals surface area contributed by atoms with Crippen LogP contribution >= 0.6 is 27.7 Å². The molecule has 0 saturated heterocycles. The number of aromatic nitrogens is 2. The van der Waals surface area contributed by atoms with Gasteiger partial charge >= 0.3 is 5.97 Å². The molecule has 4 nitrogen and oxygen atoms in total. The molecule has 0 unspecified atom stereocenters. The highest BCUT2D eigenvalue weighted by Crippen LogP contribution is 2.29. The van der Waals surface area contributed by atoms with E-state index in [2.05, 4.69) is 20.9 Å². The number of benzene rings is 1. The quantitative estimate of drug-likeness (QED) is 0.946. The van der Waals surface area contributed by atoms with Gasteiger partial charge in [-0.1, -0.05) is 11.8 Å². The van der Waals surface area contributed by atoms with Crippen molar-refractivity contribution in [3.63, 3.8) is 0 Å². The molecule has 1 aromatic carbocycles. The van der Waals surface area contributed by atoms with Gasteiger partial charge in [0.2, 0.25) is 0 Å². The van der Waals surface area contributed by atoms with E-state index in [0.29, 0.717) is 4.47 Å². The second-order valence-corrected chi connectivity index (χ2v) is 5.26. The monoisotopic (exact) mass is 312 g/mol. The Labute approximate surface area is 111 Å². The Hall–Kier alpha value is -1.27. The summed E-state index contributed by atoms with van der Waals surface area (Å²) in [4.78, 5) is 16.0. The van der Waals surface area contributed by atoms with Crippen molar-refractivity contribution in [1.82, 2.24) is 9.55 Å². The van der Waals surface area contributed by atoms with Crippen molar-refractivity contribution >= 4 is 33.7 Å². The first-order chi connectivity index (χ1) is 8.08. The Kier molecular flexibility index (Phi) is 3.54. The molecule has 2 rings (SSSR count). The average Bonchev–Trinajstić information content (AvgIpc) is 2.67. The van der Waals surface area contributed by atoms with Crippen LogP contribution in [0.2, 0.25) is 0 Å². The number of carboxylic acids is 1. The minimum Gasteiger partial charge on any atom is -0.478 e. The minimum atomic E-state index is -0.945. The Morgan fingerprint density at radius 2 is 2.29 bits per heavy atom. The van der Waals surface area contributed by atoms with Gasteiger partial charge in [-0.2, -0.15) is 0 Å². The normalized spacial score (nSPS) is 10.5. The third kappa shape index (κ3) is 2.70. The van der Waals surface area contributed by atoms with Crippen molar-refractivity contribution in [1.29, 1.82) is 0 Å². The fourth-order valence-electron chi connectivity index (χ4n) is 1.29. The summed E-state index contributed by atoms with van der Waals surface area (Å²) in [5.74, 6) is -0.945. The van der Waals surface area contributed by atoms with Crippen molar-refractivity contribution in [3.8, 4) is 0 Å². The second-order valence-electron chi connectivity index (χ2n) is 3.37. The molecule has 0 radical (unpaired) electrons. The van der Waals surface area contributed by atoms with Crippen LogP contribution in [0.4, 0.5) is 0 Å². The molecule has 0 fully saturated rings. The molecule has 0 bridgehead atoms. The highest BCUT2D eigenvalue weighted by Gasteiger charge is 2.10. The van der Waals surface area contributed by atoms with Crippen LogP contribution < -0.4 is 0 Å². The average molecular weight is 313 g/mol. The summed E-state index contributed by atoms with van der Waals surface area (Å²) in [6.45, 7) is 0. The molecule has 1 aromatic heterocycles. The zero-order chi connectivity index (χ0) is 12.4. The molecule has 1 heterocycles. The van der Waals surface area contributed by atoms with E-state index in [1.807, 2.05) is 23.9 Å². The Balaban J connectivity index is 2.32. The first-order valence-corrected chi connectivity index (χ1v) is 6.37. The first-order valence-electron chi connectivity index (χ1n) is 4.76. The van der Waals surface area contributed by atoms with Crippen LogP contribution in [0.1, 0.15) is 10.4 Å². The molecule has 6 heteroatoms. The van der Waals surface area contributed by atoms with Gasteiger partial charge in [0.25, 0.3) is 0 Å². The van der Waals surface area contributed by atoms with E-state index in [9.17, 15) is 4.79 Å². The van der Waals surface area contributed by atoms with E-state index in [1.54, 1.807) is 18.3 Å².